The van der Waals surface area contributed by atoms with Crippen molar-refractivity contribution in [3.8, 4) is 11.4 Å². The normalized spacial score (nSPS) is 16.1. The molecule has 1 atom stereocenters. The van der Waals surface area contributed by atoms with Crippen LogP contribution in [0, 0.1) is 20.8 Å². The minimum absolute atomic E-state index is 0.200. The molecule has 170 valence electrons. The van der Waals surface area contributed by atoms with E-state index in [1.165, 1.54) is 0 Å². The molecule has 34 heavy (non-hydrogen) atoms. The predicted molar refractivity (Wildman–Crippen MR) is 133 cm³/mol. The molecule has 1 N–H and O–H groups in total. The van der Waals surface area contributed by atoms with Gasteiger partial charge in [-0.2, -0.15) is 4.98 Å². The number of nitrogens with zero attached hydrogens (tertiary/aromatic N) is 3. The molecule has 1 unspecified atom stereocenters. The van der Waals surface area contributed by atoms with Crippen molar-refractivity contribution in [1.29, 1.82) is 0 Å². The second-order valence-corrected chi connectivity index (χ2v) is 8.75. The van der Waals surface area contributed by atoms with Crippen LogP contribution in [0.25, 0.3) is 17.0 Å². The molecule has 5 rings (SSSR count). The SMILES string of the molecule is CC1=C(c2nc(-c3ccc(C)cc3)no2)C(c2ccc(C)cc2)NC(=O)N1c1ccc(C)cc1. The summed E-state index contributed by atoms with van der Waals surface area (Å²) in [4.78, 5) is 19.7. The maximum Gasteiger partial charge on any atom is 0.326 e. The molecule has 0 radical (unpaired) electrons. The predicted octanol–water partition coefficient (Wildman–Crippen LogP) is 6.36. The van der Waals surface area contributed by atoms with E-state index in [1.54, 1.807) is 4.90 Å². The van der Waals surface area contributed by atoms with Crippen LogP contribution in [0.4, 0.5) is 10.5 Å². The summed E-state index contributed by atoms with van der Waals surface area (Å²) in [7, 11) is 0. The summed E-state index contributed by atoms with van der Waals surface area (Å²) >= 11 is 0. The smallest absolute Gasteiger partial charge is 0.326 e. The maximum atomic E-state index is 13.3. The van der Waals surface area contributed by atoms with Crippen LogP contribution >= 0.6 is 0 Å². The number of amides is 2. The van der Waals surface area contributed by atoms with Crippen LogP contribution in [0.2, 0.25) is 0 Å². The van der Waals surface area contributed by atoms with Crippen LogP contribution in [0.5, 0.6) is 0 Å². The van der Waals surface area contributed by atoms with Crippen molar-refractivity contribution in [1.82, 2.24) is 15.5 Å². The molecular weight excluding hydrogens is 424 g/mol. The first-order chi connectivity index (χ1) is 16.4. The van der Waals surface area contributed by atoms with Crippen molar-refractivity contribution in [3.05, 3.63) is 107 Å². The lowest BCUT2D eigenvalue weighted by Crippen LogP contribution is -2.46. The lowest BCUT2D eigenvalue weighted by molar-refractivity contribution is 0.244. The molecule has 0 saturated heterocycles. The number of urea groups is 1. The molecule has 1 aliphatic rings. The van der Waals surface area contributed by atoms with Gasteiger partial charge in [-0.15, -0.1) is 0 Å². The zero-order valence-electron chi connectivity index (χ0n) is 19.7. The van der Waals surface area contributed by atoms with Gasteiger partial charge in [0.2, 0.25) is 5.82 Å². The Bertz CT molecular complexity index is 1370. The van der Waals surface area contributed by atoms with Gasteiger partial charge in [0.1, 0.15) is 0 Å². The quantitative estimate of drug-likeness (QED) is 0.392. The fourth-order valence-electron chi connectivity index (χ4n) is 4.19. The van der Waals surface area contributed by atoms with Gasteiger partial charge in [0.15, 0.2) is 0 Å². The number of benzene rings is 3. The van der Waals surface area contributed by atoms with Crippen molar-refractivity contribution < 1.29 is 9.32 Å². The zero-order chi connectivity index (χ0) is 23.8. The third-order valence-corrected chi connectivity index (χ3v) is 6.15. The van der Waals surface area contributed by atoms with Gasteiger partial charge in [-0.05, 0) is 45.4 Å². The molecule has 3 aromatic carbocycles. The minimum Gasteiger partial charge on any atom is -0.334 e. The molecule has 4 aromatic rings. The Hall–Kier alpha value is -4.19. The number of carbonyl (C=O) groups is 1. The average molecular weight is 451 g/mol. The number of anilines is 1. The first-order valence-electron chi connectivity index (χ1n) is 11.3. The summed E-state index contributed by atoms with van der Waals surface area (Å²) in [5.41, 5.74) is 7.56. The van der Waals surface area contributed by atoms with Gasteiger partial charge >= 0.3 is 6.03 Å². The Labute approximate surface area is 198 Å². The first-order valence-corrected chi connectivity index (χ1v) is 11.3. The second-order valence-electron chi connectivity index (χ2n) is 8.75. The summed E-state index contributed by atoms with van der Waals surface area (Å²) in [6.07, 6.45) is 0. The second kappa shape index (κ2) is 8.63. The summed E-state index contributed by atoms with van der Waals surface area (Å²) in [6, 6.07) is 23.3. The number of allylic oxidation sites excluding steroid dienone is 1. The molecular formula is C28H26N4O2. The Morgan fingerprint density at radius 1 is 0.794 bits per heavy atom. The maximum absolute atomic E-state index is 13.3. The van der Waals surface area contributed by atoms with Crippen LogP contribution in [0.3, 0.4) is 0 Å². The van der Waals surface area contributed by atoms with Gasteiger partial charge in [-0.25, -0.2) is 4.79 Å². The van der Waals surface area contributed by atoms with E-state index in [2.05, 4.69) is 10.5 Å². The van der Waals surface area contributed by atoms with E-state index in [-0.39, 0.29) is 6.03 Å². The van der Waals surface area contributed by atoms with Gasteiger partial charge in [-0.3, -0.25) is 4.90 Å². The molecule has 0 fully saturated rings. The molecule has 0 saturated carbocycles. The van der Waals surface area contributed by atoms with Crippen molar-refractivity contribution in [3.63, 3.8) is 0 Å². The number of carbonyl (C=O) groups excluding carboxylic acids is 1. The molecule has 6 heteroatoms. The van der Waals surface area contributed by atoms with Gasteiger partial charge in [-0.1, -0.05) is 82.5 Å². The molecule has 0 aliphatic carbocycles. The Morgan fingerprint density at radius 3 is 1.97 bits per heavy atom. The number of hydrogen-bond donors (Lipinski definition) is 1. The van der Waals surface area contributed by atoms with E-state index in [9.17, 15) is 4.79 Å². The molecule has 2 amide bonds. The van der Waals surface area contributed by atoms with Crippen LogP contribution in [0.1, 0.15) is 41.1 Å². The summed E-state index contributed by atoms with van der Waals surface area (Å²) in [6.45, 7) is 8.02. The highest BCUT2D eigenvalue weighted by molar-refractivity contribution is 6.01. The standard InChI is InChI=1S/C28H26N4O2/c1-17-5-11-21(12-6-17)25-24(27-30-26(31-34-27)22-13-7-18(2)8-14-22)20(4)32(28(33)29-25)23-15-9-19(3)10-16-23/h5-16,25H,1-4H3,(H,29,33). The first kappa shape index (κ1) is 21.6. The van der Waals surface area contributed by atoms with Gasteiger partial charge in [0.05, 0.1) is 17.3 Å². The molecule has 0 spiro atoms. The zero-order valence-corrected chi connectivity index (χ0v) is 19.7. The van der Waals surface area contributed by atoms with E-state index < -0.39 is 6.04 Å². The van der Waals surface area contributed by atoms with Crippen LogP contribution in [0.15, 0.2) is 83.0 Å². The molecule has 6 nitrogen and oxygen atoms in total. The van der Waals surface area contributed by atoms with E-state index in [1.807, 2.05) is 100 Å². The van der Waals surface area contributed by atoms with Crippen LogP contribution in [-0.2, 0) is 0 Å². The lowest BCUT2D eigenvalue weighted by Gasteiger charge is -2.35. The Kier molecular flexibility index (Phi) is 5.49. The van der Waals surface area contributed by atoms with Gasteiger partial charge in [0.25, 0.3) is 5.89 Å². The summed E-state index contributed by atoms with van der Waals surface area (Å²) in [5.74, 6) is 0.896. The number of hydrogen-bond acceptors (Lipinski definition) is 4. The highest BCUT2D eigenvalue weighted by Gasteiger charge is 2.36. The average Bonchev–Trinajstić information content (AvgIpc) is 3.30. The lowest BCUT2D eigenvalue weighted by atomic mass is 9.94. The fourth-order valence-corrected chi connectivity index (χ4v) is 4.19. The summed E-state index contributed by atoms with van der Waals surface area (Å²) < 4.78 is 5.78. The Morgan fingerprint density at radius 2 is 1.35 bits per heavy atom. The molecule has 0 bridgehead atoms. The summed E-state index contributed by atoms with van der Waals surface area (Å²) in [5, 5.41) is 7.40. The third-order valence-electron chi connectivity index (χ3n) is 6.15. The van der Waals surface area contributed by atoms with Gasteiger partial charge in [0, 0.05) is 11.3 Å². The van der Waals surface area contributed by atoms with E-state index in [0.29, 0.717) is 11.7 Å². The minimum atomic E-state index is -0.416. The van der Waals surface area contributed by atoms with Crippen LogP contribution in [-0.4, -0.2) is 16.2 Å². The topological polar surface area (TPSA) is 71.3 Å². The number of aryl methyl sites for hydroxylation is 3. The van der Waals surface area contributed by atoms with Crippen molar-refractivity contribution in [2.45, 2.75) is 33.7 Å². The molecule has 2 heterocycles. The van der Waals surface area contributed by atoms with Crippen molar-refractivity contribution >= 4 is 17.3 Å². The monoisotopic (exact) mass is 450 g/mol. The van der Waals surface area contributed by atoms with Crippen molar-refractivity contribution in [2.75, 3.05) is 4.90 Å². The number of rotatable bonds is 4. The van der Waals surface area contributed by atoms with Crippen molar-refractivity contribution in [2.24, 2.45) is 0 Å². The highest BCUT2D eigenvalue weighted by atomic mass is 16.5. The van der Waals surface area contributed by atoms with E-state index in [0.717, 1.165) is 44.8 Å². The number of nitrogens with one attached hydrogen (secondary N) is 1. The largest absolute Gasteiger partial charge is 0.334 e. The highest BCUT2D eigenvalue weighted by Crippen LogP contribution is 2.39. The van der Waals surface area contributed by atoms with E-state index >= 15 is 0 Å². The molecule has 1 aromatic heterocycles. The third kappa shape index (κ3) is 3.99. The molecule has 1 aliphatic heterocycles. The Balaban J connectivity index is 1.64. The van der Waals surface area contributed by atoms with Crippen LogP contribution < -0.4 is 10.2 Å². The fraction of sp³-hybridized carbons (Fsp3) is 0.179. The van der Waals surface area contributed by atoms with Gasteiger partial charge < -0.3 is 9.84 Å². The number of aromatic nitrogens is 2. The van der Waals surface area contributed by atoms with E-state index in [4.69, 9.17) is 9.51 Å².